The van der Waals surface area contributed by atoms with Gasteiger partial charge in [-0.25, -0.2) is 0 Å². The molecule has 0 bridgehead atoms. The molecule has 0 aliphatic heterocycles. The first kappa shape index (κ1) is 16.0. The molecule has 0 atom stereocenters. The average molecular weight is 310 g/mol. The summed E-state index contributed by atoms with van der Waals surface area (Å²) in [7, 11) is -10.1. The minimum absolute atomic E-state index is 0.242. The van der Waals surface area contributed by atoms with Gasteiger partial charge in [0.2, 0.25) is 11.3 Å². The number of hydrogen-bond donors (Lipinski definition) is 5. The minimum atomic E-state index is -5.07. The molecule has 0 spiro atoms. The normalized spacial score (nSPS) is 12.5. The van der Waals surface area contributed by atoms with Crippen molar-refractivity contribution >= 4 is 26.8 Å². The van der Waals surface area contributed by atoms with Crippen molar-refractivity contribution in [1.82, 2.24) is 4.98 Å². The Morgan fingerprint density at radius 2 is 1.74 bits per heavy atom. The zero-order valence-electron chi connectivity index (χ0n) is 9.66. The van der Waals surface area contributed by atoms with E-state index >= 15 is 0 Å². The molecule has 0 radical (unpaired) electrons. The average Bonchev–Trinajstić information content (AvgIpc) is 2.15. The number of nitrogens with zero attached hydrogens (tertiary/aromatic N) is 1. The van der Waals surface area contributed by atoms with E-state index in [4.69, 9.17) is 19.6 Å². The Kier molecular flexibility index (Phi) is 4.63. The molecule has 1 amide bonds. The summed E-state index contributed by atoms with van der Waals surface area (Å²) in [6.45, 7) is 1.25. The molecule has 0 unspecified atom stereocenters. The molecule has 1 heterocycles. The fourth-order valence-corrected chi connectivity index (χ4v) is 3.94. The molecule has 1 aromatic rings. The van der Waals surface area contributed by atoms with Crippen molar-refractivity contribution in [2.75, 3.05) is 5.32 Å². The molecule has 5 N–H and O–H groups in total. The lowest BCUT2D eigenvalue weighted by Crippen LogP contribution is -2.08. The smallest absolute Gasteiger partial charge is 0.325 e. The van der Waals surface area contributed by atoms with E-state index in [1.165, 1.54) is 13.0 Å². The van der Waals surface area contributed by atoms with Crippen molar-refractivity contribution in [1.29, 1.82) is 0 Å². The zero-order chi connectivity index (χ0) is 14.8. The molecule has 11 heteroatoms. The van der Waals surface area contributed by atoms with Gasteiger partial charge in [0.05, 0.1) is 17.6 Å². The SMILES string of the molecule is CC(=O)Nc1ccc(C(P(=O)(O)O)P(=O)(O)O)nc1. The Bertz CT molecular complexity index is 539. The van der Waals surface area contributed by atoms with Crippen LogP contribution in [-0.2, 0) is 13.9 Å². The number of amides is 1. The second-order valence-electron chi connectivity index (χ2n) is 3.70. The van der Waals surface area contributed by atoms with Crippen molar-refractivity contribution in [3.8, 4) is 0 Å². The van der Waals surface area contributed by atoms with Crippen LogP contribution in [-0.4, -0.2) is 30.5 Å². The van der Waals surface area contributed by atoms with Crippen LogP contribution < -0.4 is 5.32 Å². The summed E-state index contributed by atoms with van der Waals surface area (Å²) in [6.07, 6.45) is 1.05. The number of aromatic nitrogens is 1. The maximum absolute atomic E-state index is 11.1. The van der Waals surface area contributed by atoms with E-state index in [1.54, 1.807) is 0 Å². The maximum Gasteiger partial charge on any atom is 0.346 e. The Balaban J connectivity index is 3.16. The predicted molar refractivity (Wildman–Crippen MR) is 65.4 cm³/mol. The molecule has 1 rings (SSSR count). The molecule has 0 aromatic carbocycles. The summed E-state index contributed by atoms with van der Waals surface area (Å²) >= 11 is 0. The van der Waals surface area contributed by atoms with Gasteiger partial charge in [-0.3, -0.25) is 18.9 Å². The van der Waals surface area contributed by atoms with E-state index in [2.05, 4.69) is 10.3 Å². The summed E-state index contributed by atoms with van der Waals surface area (Å²) < 4.78 is 22.3. The van der Waals surface area contributed by atoms with Gasteiger partial charge in [0.25, 0.3) is 0 Å². The highest BCUT2D eigenvalue weighted by atomic mass is 31.2. The first-order valence-corrected chi connectivity index (χ1v) is 8.22. The number of hydrogen-bond acceptors (Lipinski definition) is 4. The van der Waals surface area contributed by atoms with Crippen LogP contribution >= 0.6 is 15.2 Å². The Labute approximate surface area is 108 Å². The van der Waals surface area contributed by atoms with Crippen LogP contribution in [0.15, 0.2) is 18.3 Å². The van der Waals surface area contributed by atoms with Crippen LogP contribution in [0.2, 0.25) is 0 Å². The zero-order valence-corrected chi connectivity index (χ0v) is 11.5. The monoisotopic (exact) mass is 310 g/mol. The number of nitrogens with one attached hydrogen (secondary N) is 1. The molecule has 0 saturated carbocycles. The van der Waals surface area contributed by atoms with Crippen molar-refractivity contribution in [2.45, 2.75) is 12.3 Å². The molecule has 106 valence electrons. The number of carbonyl (C=O) groups is 1. The summed E-state index contributed by atoms with van der Waals surface area (Å²) in [5.74, 6) is -0.379. The van der Waals surface area contributed by atoms with Gasteiger partial charge in [-0.15, -0.1) is 0 Å². The third kappa shape index (κ3) is 4.50. The highest BCUT2D eigenvalue weighted by molar-refractivity contribution is 7.70. The largest absolute Gasteiger partial charge is 0.346 e. The summed E-state index contributed by atoms with van der Waals surface area (Å²) in [6, 6.07) is 2.27. The van der Waals surface area contributed by atoms with E-state index in [-0.39, 0.29) is 11.6 Å². The second-order valence-corrected chi connectivity index (χ2v) is 7.50. The third-order valence-electron chi connectivity index (χ3n) is 2.01. The predicted octanol–water partition coefficient (Wildman–Crippen LogP) is 0.394. The standard InChI is InChI=1S/C8H12N2O7P2/c1-5(11)10-6-2-3-7(9-4-6)8(18(12,13)14)19(15,16)17/h2-4,8H,1H3,(H,10,11)(H2,12,13,14)(H2,15,16,17). The second kappa shape index (κ2) is 5.50. The molecule has 0 aliphatic rings. The number of rotatable bonds is 4. The van der Waals surface area contributed by atoms with E-state index in [0.29, 0.717) is 0 Å². The molecule has 19 heavy (non-hydrogen) atoms. The van der Waals surface area contributed by atoms with Gasteiger partial charge < -0.3 is 24.9 Å². The van der Waals surface area contributed by atoms with Crippen LogP contribution in [0.5, 0.6) is 0 Å². The molecule has 9 nitrogen and oxygen atoms in total. The van der Waals surface area contributed by atoms with Crippen molar-refractivity contribution in [3.63, 3.8) is 0 Å². The molecule has 0 saturated heterocycles. The molecular weight excluding hydrogens is 298 g/mol. The van der Waals surface area contributed by atoms with Crippen molar-refractivity contribution < 1.29 is 33.5 Å². The highest BCUT2D eigenvalue weighted by Crippen LogP contribution is 2.69. The molecule has 1 aromatic heterocycles. The fourth-order valence-electron chi connectivity index (χ4n) is 1.38. The van der Waals surface area contributed by atoms with Crippen LogP contribution in [0, 0.1) is 0 Å². The third-order valence-corrected chi connectivity index (χ3v) is 5.62. The highest BCUT2D eigenvalue weighted by Gasteiger charge is 2.45. The van der Waals surface area contributed by atoms with Crippen molar-refractivity contribution in [3.05, 3.63) is 24.0 Å². The summed E-state index contributed by atoms with van der Waals surface area (Å²) in [4.78, 5) is 50.3. The van der Waals surface area contributed by atoms with Gasteiger partial charge in [0, 0.05) is 6.92 Å². The Morgan fingerprint density at radius 1 is 1.21 bits per heavy atom. The quantitative estimate of drug-likeness (QED) is 0.500. The minimum Gasteiger partial charge on any atom is -0.325 e. The summed E-state index contributed by atoms with van der Waals surface area (Å²) in [5.41, 5.74) is -0.206. The fraction of sp³-hybridized carbons (Fsp3) is 0.250. The van der Waals surface area contributed by atoms with E-state index in [1.807, 2.05) is 0 Å². The summed E-state index contributed by atoms with van der Waals surface area (Å²) in [5, 5.41) is 0.0453. The first-order chi connectivity index (χ1) is 8.51. The Hall–Kier alpha value is -1.08. The van der Waals surface area contributed by atoms with E-state index in [0.717, 1.165) is 12.3 Å². The van der Waals surface area contributed by atoms with Gasteiger partial charge >= 0.3 is 15.2 Å². The lowest BCUT2D eigenvalue weighted by atomic mass is 10.3. The molecule has 0 aliphatic carbocycles. The maximum atomic E-state index is 11.1. The van der Waals surface area contributed by atoms with Crippen LogP contribution in [0.1, 0.15) is 18.0 Å². The first-order valence-electron chi connectivity index (χ1n) is 4.86. The lowest BCUT2D eigenvalue weighted by molar-refractivity contribution is -0.114. The van der Waals surface area contributed by atoms with Gasteiger partial charge in [0.1, 0.15) is 0 Å². The van der Waals surface area contributed by atoms with Gasteiger partial charge in [-0.1, -0.05) is 0 Å². The van der Waals surface area contributed by atoms with E-state index < -0.39 is 26.3 Å². The van der Waals surface area contributed by atoms with Crippen LogP contribution in [0.25, 0.3) is 0 Å². The van der Waals surface area contributed by atoms with E-state index in [9.17, 15) is 13.9 Å². The number of carbonyl (C=O) groups excluding carboxylic acids is 1. The lowest BCUT2D eigenvalue weighted by Gasteiger charge is -2.19. The van der Waals surface area contributed by atoms with Gasteiger partial charge in [-0.05, 0) is 12.1 Å². The number of pyridine rings is 1. The van der Waals surface area contributed by atoms with Crippen LogP contribution in [0.3, 0.4) is 0 Å². The van der Waals surface area contributed by atoms with Crippen molar-refractivity contribution in [2.24, 2.45) is 0 Å². The number of anilines is 1. The Morgan fingerprint density at radius 3 is 2.05 bits per heavy atom. The van der Waals surface area contributed by atoms with Gasteiger partial charge in [0.15, 0.2) is 0 Å². The van der Waals surface area contributed by atoms with Crippen LogP contribution in [0.4, 0.5) is 5.69 Å². The molecular formula is C8H12N2O7P2. The topological polar surface area (TPSA) is 157 Å². The molecule has 0 fully saturated rings. The van der Waals surface area contributed by atoms with Gasteiger partial charge in [-0.2, -0.15) is 0 Å².